The Morgan fingerprint density at radius 1 is 0.870 bits per heavy atom. The Hall–Kier alpha value is -5.86. The highest BCUT2D eigenvalue weighted by Gasteiger charge is 2.23. The summed E-state index contributed by atoms with van der Waals surface area (Å²) < 4.78 is 54.1. The van der Waals surface area contributed by atoms with E-state index in [0.717, 1.165) is 30.5 Å². The zero-order valence-corrected chi connectivity index (χ0v) is 25.5. The second-order valence-corrected chi connectivity index (χ2v) is 13.3. The van der Waals surface area contributed by atoms with Gasteiger partial charge in [0.1, 0.15) is 11.4 Å². The lowest BCUT2D eigenvalue weighted by Crippen LogP contribution is -2.15. The van der Waals surface area contributed by atoms with Crippen molar-refractivity contribution in [1.82, 2.24) is 0 Å². The van der Waals surface area contributed by atoms with Crippen LogP contribution in [0.2, 0.25) is 0 Å². The van der Waals surface area contributed by atoms with Crippen molar-refractivity contribution in [2.45, 2.75) is 23.1 Å². The van der Waals surface area contributed by atoms with Crippen LogP contribution >= 0.6 is 0 Å². The van der Waals surface area contributed by atoms with Crippen LogP contribution in [0, 0.1) is 11.3 Å². The minimum atomic E-state index is -4.69. The molecule has 5 N–H and O–H groups in total. The Morgan fingerprint density at radius 2 is 1.50 bits per heavy atom. The number of amides is 1. The molecular formula is C29H23N5O10S2. The number of phenols is 1. The van der Waals surface area contributed by atoms with Crippen LogP contribution in [0.15, 0.2) is 80.7 Å². The average molecular weight is 666 g/mol. The van der Waals surface area contributed by atoms with E-state index in [1.165, 1.54) is 36.4 Å². The molecule has 0 aliphatic carbocycles. The number of aromatic carboxylic acids is 2. The predicted molar refractivity (Wildman–Crippen MR) is 164 cm³/mol. The molecule has 4 rings (SSSR count). The number of carboxylic acid groups (broad SMARTS) is 2. The van der Waals surface area contributed by atoms with Gasteiger partial charge in [-0.3, -0.25) is 9.52 Å². The summed E-state index contributed by atoms with van der Waals surface area (Å²) in [5.74, 6) is -4.12. The van der Waals surface area contributed by atoms with Crippen molar-refractivity contribution >= 4 is 71.2 Å². The standard InChI is InChI=1S/C29H23N5O10S2/c1-3-25(35)31-23-13-22(33-32-20-8-7-15(14-30)9-24(20)45(2,41)42)26-19(27(23)36)5-4-6-21(26)34-46(43,44)18-11-16(28(37)38)10-17(12-18)29(39)40/h4-13,34,36H,3H2,1-2H3,(H,31,35)(H,37,38)(H,39,40)/b33-32+. The molecule has 0 heterocycles. The Morgan fingerprint density at radius 3 is 2.07 bits per heavy atom. The van der Waals surface area contributed by atoms with Crippen LogP contribution in [0.4, 0.5) is 22.7 Å². The van der Waals surface area contributed by atoms with Crippen LogP contribution in [0.1, 0.15) is 39.6 Å². The number of nitriles is 1. The van der Waals surface area contributed by atoms with Gasteiger partial charge in [-0.1, -0.05) is 19.1 Å². The van der Waals surface area contributed by atoms with Gasteiger partial charge in [-0.15, -0.1) is 10.2 Å². The lowest BCUT2D eigenvalue weighted by molar-refractivity contribution is -0.115. The van der Waals surface area contributed by atoms with Crippen molar-refractivity contribution in [3.63, 3.8) is 0 Å². The number of aromatic hydroxyl groups is 1. The summed E-state index contributed by atoms with van der Waals surface area (Å²) >= 11 is 0. The second kappa shape index (κ2) is 12.6. The number of nitrogens with one attached hydrogen (secondary N) is 2. The molecule has 0 spiro atoms. The van der Waals surface area contributed by atoms with E-state index >= 15 is 0 Å². The molecule has 0 aliphatic rings. The van der Waals surface area contributed by atoms with Gasteiger partial charge < -0.3 is 20.6 Å². The number of sulfone groups is 1. The number of hydrogen-bond donors (Lipinski definition) is 5. The largest absolute Gasteiger partial charge is 0.505 e. The van der Waals surface area contributed by atoms with E-state index in [0.29, 0.717) is 0 Å². The topological polar surface area (TPSA) is 253 Å². The van der Waals surface area contributed by atoms with E-state index in [2.05, 4.69) is 20.3 Å². The fourth-order valence-electron chi connectivity index (χ4n) is 4.22. The molecule has 0 unspecified atom stereocenters. The Labute approximate surface area is 261 Å². The van der Waals surface area contributed by atoms with E-state index in [4.69, 9.17) is 0 Å². The number of carboxylic acids is 2. The van der Waals surface area contributed by atoms with Crippen molar-refractivity contribution in [3.05, 3.63) is 77.4 Å². The van der Waals surface area contributed by atoms with Crippen LogP contribution in [-0.4, -0.2) is 56.3 Å². The number of hydrogen-bond acceptors (Lipinski definition) is 11. The molecule has 0 aromatic heterocycles. The lowest BCUT2D eigenvalue weighted by Gasteiger charge is -2.16. The number of azo groups is 1. The third-order valence-electron chi connectivity index (χ3n) is 6.42. The first kappa shape index (κ1) is 33.0. The molecule has 0 bridgehead atoms. The van der Waals surface area contributed by atoms with E-state index in [1.807, 2.05) is 6.07 Å². The van der Waals surface area contributed by atoms with Gasteiger partial charge in [0.2, 0.25) is 5.91 Å². The first-order chi connectivity index (χ1) is 21.5. The van der Waals surface area contributed by atoms with Crippen LogP contribution < -0.4 is 10.0 Å². The first-order valence-electron chi connectivity index (χ1n) is 12.9. The summed E-state index contributed by atoms with van der Waals surface area (Å²) in [7, 11) is -8.60. The van der Waals surface area contributed by atoms with E-state index in [-0.39, 0.29) is 50.4 Å². The van der Waals surface area contributed by atoms with Crippen LogP contribution in [0.3, 0.4) is 0 Å². The number of nitrogens with zero attached hydrogens (tertiary/aromatic N) is 3. The van der Waals surface area contributed by atoms with Gasteiger partial charge in [0.25, 0.3) is 10.0 Å². The number of sulfonamides is 1. The highest BCUT2D eigenvalue weighted by Crippen LogP contribution is 2.44. The number of carbonyl (C=O) groups is 3. The van der Waals surface area contributed by atoms with Gasteiger partial charge in [0.15, 0.2) is 9.84 Å². The lowest BCUT2D eigenvalue weighted by atomic mass is 10.0. The summed E-state index contributed by atoms with van der Waals surface area (Å²) in [5.41, 5.74) is -1.86. The first-order valence-corrected chi connectivity index (χ1v) is 16.3. The number of phenolic OH excluding ortho intramolecular Hbond substituents is 1. The maximum Gasteiger partial charge on any atom is 0.335 e. The predicted octanol–water partition coefficient (Wildman–Crippen LogP) is 4.78. The average Bonchev–Trinajstić information content (AvgIpc) is 3.00. The third-order valence-corrected chi connectivity index (χ3v) is 8.89. The molecule has 0 atom stereocenters. The molecular weight excluding hydrogens is 642 g/mol. The number of anilines is 2. The van der Waals surface area contributed by atoms with Gasteiger partial charge in [-0.05, 0) is 48.5 Å². The van der Waals surface area contributed by atoms with Crippen molar-refractivity contribution in [2.24, 2.45) is 10.2 Å². The summed E-state index contributed by atoms with van der Waals surface area (Å²) in [6.45, 7) is 1.56. The minimum absolute atomic E-state index is 0.0308. The quantitative estimate of drug-likeness (QED) is 0.114. The summed E-state index contributed by atoms with van der Waals surface area (Å²) in [6, 6.07) is 12.9. The van der Waals surface area contributed by atoms with Gasteiger partial charge in [-0.25, -0.2) is 26.4 Å². The fourth-order valence-corrected chi connectivity index (χ4v) is 6.19. The SMILES string of the molecule is CCC(=O)Nc1cc(/N=N/c2ccc(C#N)cc2S(C)(=O)=O)c2c(NS(=O)(=O)c3cc(C(=O)O)cc(C(=O)O)c3)cccc2c1O. The van der Waals surface area contributed by atoms with Gasteiger partial charge in [0.05, 0.1) is 49.6 Å². The van der Waals surface area contributed by atoms with Crippen LogP contribution in [-0.2, 0) is 24.7 Å². The van der Waals surface area contributed by atoms with Crippen LogP contribution in [0.25, 0.3) is 10.8 Å². The normalized spacial score (nSPS) is 11.7. The smallest absolute Gasteiger partial charge is 0.335 e. The Balaban J connectivity index is 1.97. The van der Waals surface area contributed by atoms with Gasteiger partial charge in [-0.2, -0.15) is 5.26 Å². The number of rotatable bonds is 10. The molecule has 1 amide bonds. The molecule has 0 saturated carbocycles. The highest BCUT2D eigenvalue weighted by molar-refractivity contribution is 7.92. The van der Waals surface area contributed by atoms with Crippen molar-refractivity contribution < 1.29 is 46.5 Å². The zero-order valence-electron chi connectivity index (χ0n) is 23.8. The van der Waals surface area contributed by atoms with Gasteiger partial charge >= 0.3 is 11.9 Å². The number of fused-ring (bicyclic) bond motifs is 1. The molecule has 17 heteroatoms. The van der Waals surface area contributed by atoms with E-state index in [1.54, 1.807) is 6.92 Å². The highest BCUT2D eigenvalue weighted by atomic mass is 32.2. The molecule has 0 saturated heterocycles. The number of benzene rings is 4. The maximum absolute atomic E-state index is 13.5. The molecule has 0 radical (unpaired) electrons. The molecule has 46 heavy (non-hydrogen) atoms. The number of carbonyl (C=O) groups excluding carboxylic acids is 1. The Bertz CT molecular complexity index is 2210. The van der Waals surface area contributed by atoms with Crippen molar-refractivity contribution in [2.75, 3.05) is 16.3 Å². The van der Waals surface area contributed by atoms with Gasteiger partial charge in [0, 0.05) is 23.4 Å². The van der Waals surface area contributed by atoms with E-state index in [9.17, 15) is 51.8 Å². The molecule has 4 aromatic rings. The third kappa shape index (κ3) is 6.93. The fraction of sp³-hybridized carbons (Fsp3) is 0.103. The summed E-state index contributed by atoms with van der Waals surface area (Å²) in [6.07, 6.45) is 0.934. The monoisotopic (exact) mass is 665 g/mol. The zero-order chi connectivity index (χ0) is 34.0. The molecule has 15 nitrogen and oxygen atoms in total. The summed E-state index contributed by atoms with van der Waals surface area (Å²) in [4.78, 5) is 34.3. The van der Waals surface area contributed by atoms with E-state index < -0.39 is 59.5 Å². The van der Waals surface area contributed by atoms with Crippen molar-refractivity contribution in [3.8, 4) is 11.8 Å². The maximum atomic E-state index is 13.5. The Kier molecular flexibility index (Phi) is 9.07. The molecule has 0 fully saturated rings. The molecule has 236 valence electrons. The van der Waals surface area contributed by atoms with Crippen molar-refractivity contribution in [1.29, 1.82) is 5.26 Å². The summed E-state index contributed by atoms with van der Waals surface area (Å²) in [5, 5.41) is 49.6. The molecule has 4 aromatic carbocycles. The second-order valence-electron chi connectivity index (χ2n) is 9.65. The molecule has 0 aliphatic heterocycles. The minimum Gasteiger partial charge on any atom is -0.505 e. The van der Waals surface area contributed by atoms with Crippen LogP contribution in [0.5, 0.6) is 5.75 Å².